The van der Waals surface area contributed by atoms with Crippen molar-refractivity contribution < 1.29 is 121 Å². The molecule has 0 saturated carbocycles. The molecule has 2 amide bonds. The van der Waals surface area contributed by atoms with Crippen LogP contribution in [-0.2, 0) is 67.1 Å². The summed E-state index contributed by atoms with van der Waals surface area (Å²) in [5, 5.41) is 13.3. The number of alkyl halides is 3. The molecule has 4 aromatic rings. The molecule has 4 aliphatic heterocycles. The first-order valence-electron chi connectivity index (χ1n) is 28.7. The summed E-state index contributed by atoms with van der Waals surface area (Å²) in [6.07, 6.45) is -8.25. The van der Waals surface area contributed by atoms with Gasteiger partial charge in [0, 0.05) is 53.2 Å². The molecule has 0 atom stereocenters. The lowest BCUT2D eigenvalue weighted by Gasteiger charge is -2.31. The van der Waals surface area contributed by atoms with Crippen molar-refractivity contribution in [3.8, 4) is 0 Å². The Hall–Kier alpha value is -8.50. The molecule has 3 N–H and O–H groups in total. The van der Waals surface area contributed by atoms with Gasteiger partial charge in [0.25, 0.3) is 0 Å². The summed E-state index contributed by atoms with van der Waals surface area (Å²) >= 11 is 3.46. The third-order valence-corrected chi connectivity index (χ3v) is 17.4. The number of esters is 4. The molecule has 0 spiro atoms. The second-order valence-electron chi connectivity index (χ2n) is 24.0. The number of benzene rings is 4. The van der Waals surface area contributed by atoms with E-state index in [1.54, 1.807) is 109 Å². The number of hydrogen-bond donors (Lipinski definition) is 3. The number of nitrogens with zero attached hydrogens (tertiary/aromatic N) is 2. The number of carbonyl (C=O) groups is 9. The Kier molecular flexibility index (Phi) is 31.1. The molecule has 0 saturated heterocycles. The molecule has 4 aromatic carbocycles. The highest BCUT2D eigenvalue weighted by molar-refractivity contribution is 7.99. The van der Waals surface area contributed by atoms with E-state index in [2.05, 4.69) is 29.6 Å². The molecular formula is C63H83F3N4O23S4. The van der Waals surface area contributed by atoms with Crippen molar-refractivity contribution in [3.63, 3.8) is 0 Å². The van der Waals surface area contributed by atoms with Crippen LogP contribution >= 0.6 is 23.5 Å². The van der Waals surface area contributed by atoms with Crippen LogP contribution in [0.2, 0.25) is 0 Å². The fourth-order valence-electron chi connectivity index (χ4n) is 7.76. The molecule has 0 aliphatic carbocycles. The second kappa shape index (κ2) is 35.7. The van der Waals surface area contributed by atoms with Crippen LogP contribution in [0.4, 0.5) is 55.1 Å². The fraction of sp³-hybridized carbons (Fsp3) is 0.476. The van der Waals surface area contributed by atoms with Gasteiger partial charge in [0.2, 0.25) is 0 Å². The molecule has 0 fully saturated rings. The van der Waals surface area contributed by atoms with Crippen LogP contribution in [0, 0.1) is 0 Å². The maximum atomic E-state index is 12.3. The number of nitrogens with one attached hydrogen (secondary N) is 2. The van der Waals surface area contributed by atoms with E-state index in [4.69, 9.17) is 33.6 Å². The minimum atomic E-state index is -5.08. The van der Waals surface area contributed by atoms with Crippen LogP contribution < -0.4 is 20.4 Å². The van der Waals surface area contributed by atoms with Crippen molar-refractivity contribution in [3.05, 3.63) is 95.1 Å². The quantitative estimate of drug-likeness (QED) is 0.0970. The third kappa shape index (κ3) is 27.9. The highest BCUT2D eigenvalue weighted by Crippen LogP contribution is 2.38. The second-order valence-corrected chi connectivity index (χ2v) is 30.5. The summed E-state index contributed by atoms with van der Waals surface area (Å²) in [5.74, 6) is -2.80. The first kappa shape index (κ1) is 84.6. The van der Waals surface area contributed by atoms with E-state index in [1.165, 1.54) is 74.6 Å². The number of hydrogen-bond acceptors (Lipinski definition) is 26. The number of halogens is 3. The maximum absolute atomic E-state index is 12.3. The van der Waals surface area contributed by atoms with E-state index in [9.17, 15) is 68.4 Å². The minimum Gasteiger partial charge on any atom is -0.475 e. The van der Waals surface area contributed by atoms with Crippen LogP contribution in [0.1, 0.15) is 132 Å². The average Bonchev–Trinajstić information content (AvgIpc) is 0.777. The van der Waals surface area contributed by atoms with Crippen LogP contribution in [0.25, 0.3) is 0 Å². The number of sulfone groups is 2. The fourth-order valence-corrected chi connectivity index (χ4v) is 12.4. The molecule has 4 aliphatic rings. The van der Waals surface area contributed by atoms with Crippen LogP contribution in [0.5, 0.6) is 0 Å². The van der Waals surface area contributed by atoms with Crippen LogP contribution in [0.15, 0.2) is 92.4 Å². The Labute approximate surface area is 570 Å². The molecule has 0 radical (unpaired) electrons. The van der Waals surface area contributed by atoms with Gasteiger partial charge in [-0.15, -0.1) is 23.5 Å². The van der Waals surface area contributed by atoms with Gasteiger partial charge in [-0.05, 0) is 156 Å². The molecule has 0 unspecified atom stereocenters. The zero-order chi connectivity index (χ0) is 73.1. The smallest absolute Gasteiger partial charge is 0.475 e. The minimum absolute atomic E-state index is 0. The summed E-state index contributed by atoms with van der Waals surface area (Å²) < 4.78 is 123. The largest absolute Gasteiger partial charge is 0.519 e. The van der Waals surface area contributed by atoms with Gasteiger partial charge in [-0.3, -0.25) is 9.80 Å². The van der Waals surface area contributed by atoms with Gasteiger partial charge >= 0.3 is 60.5 Å². The summed E-state index contributed by atoms with van der Waals surface area (Å²) in [4.78, 5) is 107. The van der Waals surface area contributed by atoms with E-state index in [0.29, 0.717) is 41.2 Å². The summed E-state index contributed by atoms with van der Waals surface area (Å²) in [6.45, 7) is 22.5. The van der Waals surface area contributed by atoms with E-state index in [1.807, 2.05) is 39.0 Å². The number of aliphatic carboxylic acids is 1. The van der Waals surface area contributed by atoms with Gasteiger partial charge in [-0.1, -0.05) is 7.43 Å². The van der Waals surface area contributed by atoms with Crippen molar-refractivity contribution in [2.24, 2.45) is 0 Å². The number of anilines is 4. The predicted molar refractivity (Wildman–Crippen MR) is 355 cm³/mol. The number of thioether (sulfide) groups is 2. The van der Waals surface area contributed by atoms with E-state index in [-0.39, 0.29) is 52.5 Å². The number of carboxylic acids is 1. The van der Waals surface area contributed by atoms with Gasteiger partial charge in [0.05, 0.1) is 89.1 Å². The molecule has 4 heterocycles. The Morgan fingerprint density at radius 3 is 1.26 bits per heavy atom. The zero-order valence-corrected chi connectivity index (χ0v) is 58.9. The number of fused-ring (bicyclic) bond motifs is 4. The molecule has 0 aromatic heterocycles. The van der Waals surface area contributed by atoms with Gasteiger partial charge in [-0.2, -0.15) is 13.2 Å². The van der Waals surface area contributed by atoms with E-state index in [0.717, 1.165) is 28.6 Å². The standard InChI is InChI=1S/C15H19NO6S.C15H19NO4S.C10H11NO4S.C10H11NO2S.C10H18O5.C2HF3O2.CH4/c1-15(2,3)22-14(18)16-7-8-23(19,20)12-6-5-10(9-11(12)16)13(17)21-4;1-15(2,3)20-14(18)16-7-8-21-12-6-5-10(9-11(12)16)13(17)19-4;1-15-10(12)7-2-3-9-8(6-7)11-4-5-16(9,13)14;1-13-10(12)7-2-3-9-8(6-7)11-4-5-14-9;1-9(2,3)14-7(11)13-8(12)15-10(4,5)6;3-2(4,5)1(6)7;/h5-6,9H,7-8H2,1-4H3;5-6,9H,7-8H2,1-4H3;2-3,6,11H,4-5H2,1H3;2-3,6,11H,4-5H2,1H3;1-6H3;(H,6,7);1H4. The Bertz CT molecular complexity index is 3700. The SMILES string of the molecule is C.CC(C)(C)OC(=O)OC(=O)OC(C)(C)C.COC(=O)c1ccc2c(c1)N(C(=O)OC(C)(C)C)CCS2.COC(=O)c1ccc2c(c1)N(C(=O)OC(C)(C)C)CCS2(=O)=O.COC(=O)c1ccc2c(c1)NCCS2.COC(=O)c1ccc2c(c1)NCCS2(=O)=O.O=C(O)C(F)(F)F. The molecule has 97 heavy (non-hydrogen) atoms. The summed E-state index contributed by atoms with van der Waals surface area (Å²) in [5.41, 5.74) is 1.19. The van der Waals surface area contributed by atoms with Crippen molar-refractivity contribution in [2.75, 3.05) is 98.1 Å². The van der Waals surface area contributed by atoms with Crippen LogP contribution in [0.3, 0.4) is 0 Å². The monoisotopic (exact) mass is 1450 g/mol. The van der Waals surface area contributed by atoms with Gasteiger partial charge in [0.15, 0.2) is 19.7 Å². The number of carbonyl (C=O) groups excluding carboxylic acids is 8. The first-order valence-corrected chi connectivity index (χ1v) is 34.0. The maximum Gasteiger partial charge on any atom is 0.519 e. The Morgan fingerprint density at radius 1 is 0.464 bits per heavy atom. The Balaban J connectivity index is 0.000000406. The Morgan fingerprint density at radius 2 is 0.825 bits per heavy atom. The third-order valence-electron chi connectivity index (χ3n) is 11.7. The highest BCUT2D eigenvalue weighted by atomic mass is 32.2. The summed E-state index contributed by atoms with van der Waals surface area (Å²) in [6, 6.07) is 19.2. The van der Waals surface area contributed by atoms with Crippen molar-refractivity contribution >= 4 is 120 Å². The van der Waals surface area contributed by atoms with Gasteiger partial charge in [0.1, 0.15) is 22.4 Å². The van der Waals surface area contributed by atoms with Crippen molar-refractivity contribution in [1.82, 2.24) is 0 Å². The zero-order valence-electron chi connectivity index (χ0n) is 55.7. The molecule has 34 heteroatoms. The lowest BCUT2D eigenvalue weighted by Crippen LogP contribution is -2.43. The topological polar surface area (TPSA) is 356 Å². The lowest BCUT2D eigenvalue weighted by molar-refractivity contribution is -0.192. The predicted octanol–water partition coefficient (Wildman–Crippen LogP) is 12.1. The average molecular weight is 1450 g/mol. The number of amides is 2. The molecule has 27 nitrogen and oxygen atoms in total. The molecule has 8 rings (SSSR count). The number of carboxylic acid groups (broad SMARTS) is 1. The van der Waals surface area contributed by atoms with Crippen LogP contribution in [-0.4, -0.2) is 182 Å². The highest BCUT2D eigenvalue weighted by Gasteiger charge is 2.39. The van der Waals surface area contributed by atoms with Gasteiger partial charge in [-0.25, -0.2) is 60.0 Å². The molecule has 538 valence electrons. The van der Waals surface area contributed by atoms with E-state index >= 15 is 0 Å². The normalized spacial score (nSPS) is 14.5. The van der Waals surface area contributed by atoms with Crippen molar-refractivity contribution in [2.45, 2.75) is 139 Å². The van der Waals surface area contributed by atoms with E-state index < -0.39 is 96.6 Å². The first-order chi connectivity index (χ1) is 44.2. The number of methoxy groups -OCH3 is 4. The summed E-state index contributed by atoms with van der Waals surface area (Å²) in [7, 11) is -1.47. The van der Waals surface area contributed by atoms with Crippen molar-refractivity contribution in [1.29, 1.82) is 0 Å². The lowest BCUT2D eigenvalue weighted by atomic mass is 10.2. The number of rotatable bonds is 4. The van der Waals surface area contributed by atoms with Gasteiger partial charge < -0.3 is 58.4 Å². The molecular weight excluding hydrogens is 1370 g/mol. The number of ether oxygens (including phenoxy) is 9. The molecule has 0 bridgehead atoms.